The molecule has 0 saturated heterocycles. The van der Waals surface area contributed by atoms with Crippen molar-refractivity contribution in [2.24, 2.45) is 0 Å². The van der Waals surface area contributed by atoms with Gasteiger partial charge in [0.05, 0.1) is 5.57 Å². The highest BCUT2D eigenvalue weighted by atomic mass is 19.4. The third-order valence-electron chi connectivity index (χ3n) is 2.92. The molecule has 0 aliphatic rings. The molecule has 0 aromatic rings. The monoisotopic (exact) mass is 349 g/mol. The Morgan fingerprint density at radius 1 is 1.12 bits per heavy atom. The van der Waals surface area contributed by atoms with Crippen LogP contribution in [-0.4, -0.2) is 29.9 Å². The summed E-state index contributed by atoms with van der Waals surface area (Å²) in [6.07, 6.45) is 1.08. The van der Waals surface area contributed by atoms with Crippen molar-refractivity contribution in [1.29, 1.82) is 0 Å². The molecule has 0 aromatic heterocycles. The minimum Gasteiger partial charge on any atom is -0.481 e. The zero-order valence-electron chi connectivity index (χ0n) is 13.3. The minimum absolute atomic E-state index is 0.133. The Morgan fingerprint density at radius 2 is 1.71 bits per heavy atom. The zero-order valence-corrected chi connectivity index (χ0v) is 13.3. The summed E-state index contributed by atoms with van der Waals surface area (Å²) in [4.78, 5) is 22.2. The first kappa shape index (κ1) is 21.8. The normalized spacial score (nSPS) is 11.7. The van der Waals surface area contributed by atoms with Gasteiger partial charge in [-0.25, -0.2) is 0 Å². The molecule has 1 amide bonds. The summed E-state index contributed by atoms with van der Waals surface area (Å²) in [6, 6.07) is 0. The maximum Gasteiger partial charge on any atom is 0.573 e. The SMILES string of the molecule is C=C/C=C(\C(=C)OC(F)(F)F)C(=O)NCCCCCCCC(=O)O. The molecule has 0 aromatic carbocycles. The lowest BCUT2D eigenvalue weighted by Crippen LogP contribution is -2.28. The highest BCUT2D eigenvalue weighted by Crippen LogP contribution is 2.23. The van der Waals surface area contributed by atoms with Crippen LogP contribution in [0, 0.1) is 0 Å². The molecule has 24 heavy (non-hydrogen) atoms. The number of nitrogens with one attached hydrogen (secondary N) is 1. The van der Waals surface area contributed by atoms with E-state index in [-0.39, 0.29) is 18.5 Å². The number of carboxylic acid groups (broad SMARTS) is 1. The Hall–Kier alpha value is -2.25. The molecule has 5 nitrogen and oxygen atoms in total. The summed E-state index contributed by atoms with van der Waals surface area (Å²) in [5.41, 5.74) is -0.344. The first-order valence-electron chi connectivity index (χ1n) is 7.45. The summed E-state index contributed by atoms with van der Waals surface area (Å²) >= 11 is 0. The average Bonchev–Trinajstić information content (AvgIpc) is 2.44. The molecular weight excluding hydrogens is 327 g/mol. The fourth-order valence-corrected chi connectivity index (χ4v) is 1.84. The fourth-order valence-electron chi connectivity index (χ4n) is 1.84. The van der Waals surface area contributed by atoms with Crippen LogP contribution < -0.4 is 5.32 Å². The molecule has 0 fully saturated rings. The third-order valence-corrected chi connectivity index (χ3v) is 2.92. The number of hydrogen-bond acceptors (Lipinski definition) is 3. The van der Waals surface area contributed by atoms with E-state index in [1.165, 1.54) is 6.08 Å². The van der Waals surface area contributed by atoms with Gasteiger partial charge in [-0.2, -0.15) is 0 Å². The van der Waals surface area contributed by atoms with Crippen molar-refractivity contribution in [1.82, 2.24) is 5.32 Å². The fraction of sp³-hybridized carbons (Fsp3) is 0.500. The van der Waals surface area contributed by atoms with Crippen LogP contribution >= 0.6 is 0 Å². The molecule has 0 atom stereocenters. The van der Waals surface area contributed by atoms with Gasteiger partial charge in [-0.05, 0) is 18.9 Å². The zero-order chi connectivity index (χ0) is 18.6. The van der Waals surface area contributed by atoms with Crippen LogP contribution in [0.25, 0.3) is 0 Å². The number of unbranched alkanes of at least 4 members (excludes halogenated alkanes) is 4. The molecular formula is C16H22F3NO4. The van der Waals surface area contributed by atoms with Crippen LogP contribution in [0.1, 0.15) is 38.5 Å². The number of carbonyl (C=O) groups excluding carboxylic acids is 1. The number of allylic oxidation sites excluding steroid dienone is 2. The van der Waals surface area contributed by atoms with E-state index in [2.05, 4.69) is 23.2 Å². The topological polar surface area (TPSA) is 75.6 Å². The summed E-state index contributed by atoms with van der Waals surface area (Å²) in [6.45, 7) is 6.72. The number of ether oxygens (including phenoxy) is 1. The number of carboxylic acids is 1. The molecule has 0 radical (unpaired) electrons. The van der Waals surface area contributed by atoms with Gasteiger partial charge in [0.2, 0.25) is 0 Å². The standard InChI is InChI=1S/C16H22F3NO4/c1-3-9-13(12(2)24-16(17,18)19)15(23)20-11-8-6-4-5-7-10-14(21)22/h3,9H,1-2,4-8,10-11H2,(H,20,23)(H,21,22)/b13-9+. The van der Waals surface area contributed by atoms with Crippen LogP contribution in [0.3, 0.4) is 0 Å². The highest BCUT2D eigenvalue weighted by molar-refractivity contribution is 5.97. The molecule has 0 rings (SSSR count). The van der Waals surface area contributed by atoms with Gasteiger partial charge in [0.25, 0.3) is 5.91 Å². The largest absolute Gasteiger partial charge is 0.573 e. The van der Waals surface area contributed by atoms with Crippen molar-refractivity contribution in [2.75, 3.05) is 6.54 Å². The Bertz CT molecular complexity index is 484. The van der Waals surface area contributed by atoms with Gasteiger partial charge in [-0.15, -0.1) is 13.2 Å². The second kappa shape index (κ2) is 11.3. The molecule has 8 heteroatoms. The lowest BCUT2D eigenvalue weighted by molar-refractivity contribution is -0.303. The first-order valence-corrected chi connectivity index (χ1v) is 7.45. The highest BCUT2D eigenvalue weighted by Gasteiger charge is 2.33. The van der Waals surface area contributed by atoms with Crippen molar-refractivity contribution in [3.63, 3.8) is 0 Å². The number of alkyl halides is 3. The van der Waals surface area contributed by atoms with Gasteiger partial charge in [-0.3, -0.25) is 9.59 Å². The Balaban J connectivity index is 4.13. The van der Waals surface area contributed by atoms with E-state index in [0.717, 1.165) is 25.3 Å². The van der Waals surface area contributed by atoms with Crippen LogP contribution in [0.4, 0.5) is 13.2 Å². The third kappa shape index (κ3) is 11.3. The van der Waals surface area contributed by atoms with E-state index in [0.29, 0.717) is 12.8 Å². The molecule has 0 bridgehead atoms. The average molecular weight is 349 g/mol. The van der Waals surface area contributed by atoms with Gasteiger partial charge in [-0.1, -0.05) is 38.5 Å². The molecule has 0 heterocycles. The van der Waals surface area contributed by atoms with Crippen LogP contribution in [0.15, 0.2) is 36.6 Å². The van der Waals surface area contributed by atoms with Gasteiger partial charge in [0.1, 0.15) is 5.76 Å². The van der Waals surface area contributed by atoms with Crippen molar-refractivity contribution < 1.29 is 32.6 Å². The van der Waals surface area contributed by atoms with Crippen molar-refractivity contribution in [3.8, 4) is 0 Å². The van der Waals surface area contributed by atoms with Gasteiger partial charge in [0, 0.05) is 13.0 Å². The van der Waals surface area contributed by atoms with E-state index >= 15 is 0 Å². The summed E-state index contributed by atoms with van der Waals surface area (Å²) in [5, 5.41) is 11.0. The number of halogens is 3. The van der Waals surface area contributed by atoms with Crippen molar-refractivity contribution in [3.05, 3.63) is 36.6 Å². The summed E-state index contributed by atoms with van der Waals surface area (Å²) in [5.74, 6) is -2.35. The van der Waals surface area contributed by atoms with Gasteiger partial charge < -0.3 is 15.2 Å². The predicted octanol–water partition coefficient (Wildman–Crippen LogP) is 3.69. The summed E-state index contributed by atoms with van der Waals surface area (Å²) < 4.78 is 40.2. The van der Waals surface area contributed by atoms with E-state index in [9.17, 15) is 22.8 Å². The predicted molar refractivity (Wildman–Crippen MR) is 82.9 cm³/mol. The van der Waals surface area contributed by atoms with E-state index in [1.807, 2.05) is 0 Å². The van der Waals surface area contributed by atoms with E-state index < -0.39 is 24.0 Å². The molecule has 0 saturated carbocycles. The van der Waals surface area contributed by atoms with Crippen LogP contribution in [0.2, 0.25) is 0 Å². The summed E-state index contributed by atoms with van der Waals surface area (Å²) in [7, 11) is 0. The molecule has 0 aliphatic heterocycles. The molecule has 0 unspecified atom stereocenters. The maximum absolute atomic E-state index is 12.2. The molecule has 136 valence electrons. The number of amides is 1. The quantitative estimate of drug-likeness (QED) is 0.244. The second-order valence-electron chi connectivity index (χ2n) is 4.95. The van der Waals surface area contributed by atoms with Gasteiger partial charge >= 0.3 is 12.3 Å². The van der Waals surface area contributed by atoms with Crippen molar-refractivity contribution >= 4 is 11.9 Å². The minimum atomic E-state index is -4.92. The van der Waals surface area contributed by atoms with E-state index in [1.54, 1.807) is 0 Å². The lowest BCUT2D eigenvalue weighted by atomic mass is 10.1. The Labute approximate surface area is 138 Å². The number of carbonyl (C=O) groups is 2. The van der Waals surface area contributed by atoms with E-state index in [4.69, 9.17) is 5.11 Å². The Kier molecular flexibility index (Phi) is 10.3. The number of aliphatic carboxylic acids is 1. The van der Waals surface area contributed by atoms with Crippen LogP contribution in [0.5, 0.6) is 0 Å². The molecule has 0 aliphatic carbocycles. The van der Waals surface area contributed by atoms with Crippen LogP contribution in [-0.2, 0) is 14.3 Å². The molecule has 2 N–H and O–H groups in total. The number of hydrogen-bond donors (Lipinski definition) is 2. The molecule has 0 spiro atoms. The number of rotatable bonds is 12. The van der Waals surface area contributed by atoms with Crippen molar-refractivity contribution in [2.45, 2.75) is 44.9 Å². The Morgan fingerprint density at radius 3 is 2.25 bits per heavy atom. The smallest absolute Gasteiger partial charge is 0.481 e. The maximum atomic E-state index is 12.2. The first-order chi connectivity index (χ1) is 11.2. The lowest BCUT2D eigenvalue weighted by Gasteiger charge is -2.14. The van der Waals surface area contributed by atoms with Gasteiger partial charge in [0.15, 0.2) is 0 Å². The second-order valence-corrected chi connectivity index (χ2v) is 4.95.